The van der Waals surface area contributed by atoms with E-state index in [0.29, 0.717) is 5.69 Å². The van der Waals surface area contributed by atoms with Crippen molar-refractivity contribution in [2.24, 2.45) is 0 Å². The van der Waals surface area contributed by atoms with Crippen LogP contribution in [0, 0.1) is 13.8 Å². The van der Waals surface area contributed by atoms with Gasteiger partial charge in [0.15, 0.2) is 0 Å². The summed E-state index contributed by atoms with van der Waals surface area (Å²) in [6, 6.07) is 6.58. The van der Waals surface area contributed by atoms with Gasteiger partial charge in [0.1, 0.15) is 23.0 Å². The van der Waals surface area contributed by atoms with Crippen molar-refractivity contribution in [2.45, 2.75) is 25.3 Å². The summed E-state index contributed by atoms with van der Waals surface area (Å²) in [7, 11) is -3.74. The molecule has 2 N–H and O–H groups in total. The van der Waals surface area contributed by atoms with Gasteiger partial charge in [-0.05, 0) is 37.6 Å². The molecule has 108 valence electrons. The number of hydrogen-bond donors (Lipinski definition) is 2. The van der Waals surface area contributed by atoms with Gasteiger partial charge in [0, 0.05) is 10.5 Å². The molecule has 0 aliphatic carbocycles. The summed E-state index contributed by atoms with van der Waals surface area (Å²) >= 11 is 3.33. The van der Waals surface area contributed by atoms with Crippen molar-refractivity contribution >= 4 is 31.6 Å². The lowest BCUT2D eigenvalue weighted by atomic mass is 10.2. The van der Waals surface area contributed by atoms with Crippen LogP contribution in [-0.2, 0) is 16.6 Å². The summed E-state index contributed by atoms with van der Waals surface area (Å²) in [6.45, 7) is 3.01. The lowest BCUT2D eigenvalue weighted by molar-refractivity contribution is 0.245. The molecule has 0 fully saturated rings. The number of aryl methyl sites for hydroxylation is 2. The Morgan fingerprint density at radius 2 is 2.00 bits per heavy atom. The quantitative estimate of drug-likeness (QED) is 0.879. The lowest BCUT2D eigenvalue weighted by Crippen LogP contribution is -2.14. The van der Waals surface area contributed by atoms with E-state index >= 15 is 0 Å². The zero-order valence-corrected chi connectivity index (χ0v) is 13.4. The number of rotatable bonds is 4. The maximum atomic E-state index is 12.3. The molecule has 2 aromatic rings. The number of halogens is 1. The van der Waals surface area contributed by atoms with Crippen molar-refractivity contribution in [3.8, 4) is 0 Å². The summed E-state index contributed by atoms with van der Waals surface area (Å²) in [5.74, 6) is 0.465. The highest BCUT2D eigenvalue weighted by Crippen LogP contribution is 2.26. The van der Waals surface area contributed by atoms with Gasteiger partial charge in [0.25, 0.3) is 10.0 Å². The van der Waals surface area contributed by atoms with Crippen molar-refractivity contribution in [2.75, 3.05) is 4.72 Å². The fourth-order valence-electron chi connectivity index (χ4n) is 1.81. The minimum absolute atomic E-state index is 0.0314. The van der Waals surface area contributed by atoms with Gasteiger partial charge >= 0.3 is 0 Å². The number of sulfonamides is 1. The van der Waals surface area contributed by atoms with E-state index in [-0.39, 0.29) is 23.0 Å². The molecule has 1 aromatic heterocycles. The zero-order chi connectivity index (χ0) is 14.9. The van der Waals surface area contributed by atoms with Crippen LogP contribution in [0.5, 0.6) is 0 Å². The Morgan fingerprint density at radius 1 is 1.30 bits per heavy atom. The summed E-state index contributed by atoms with van der Waals surface area (Å²) in [5, 5.41) is 8.99. The first-order chi connectivity index (χ1) is 9.33. The van der Waals surface area contributed by atoms with Crippen LogP contribution in [0.4, 0.5) is 5.69 Å². The van der Waals surface area contributed by atoms with E-state index in [4.69, 9.17) is 9.52 Å². The number of furan rings is 1. The van der Waals surface area contributed by atoms with Crippen molar-refractivity contribution in [3.05, 3.63) is 45.8 Å². The summed E-state index contributed by atoms with van der Waals surface area (Å²) in [4.78, 5) is 0.0314. The Hall–Kier alpha value is -1.31. The molecule has 5 nitrogen and oxygen atoms in total. The van der Waals surface area contributed by atoms with E-state index in [1.165, 1.54) is 6.07 Å². The third-order valence-corrected chi connectivity index (χ3v) is 4.77. The number of aliphatic hydroxyl groups is 1. The Kier molecular flexibility index (Phi) is 4.22. The van der Waals surface area contributed by atoms with Crippen LogP contribution in [0.25, 0.3) is 0 Å². The molecule has 0 unspecified atom stereocenters. The van der Waals surface area contributed by atoms with Crippen LogP contribution >= 0.6 is 15.9 Å². The highest BCUT2D eigenvalue weighted by molar-refractivity contribution is 9.10. The predicted octanol–water partition coefficient (Wildman–Crippen LogP) is 2.95. The minimum Gasteiger partial charge on any atom is -0.462 e. The second kappa shape index (κ2) is 5.59. The molecular formula is C13H14BrNO4S. The van der Waals surface area contributed by atoms with Gasteiger partial charge in [-0.25, -0.2) is 8.42 Å². The fraction of sp³-hybridized carbons (Fsp3) is 0.231. The summed E-state index contributed by atoms with van der Waals surface area (Å²) in [6.07, 6.45) is 0. The van der Waals surface area contributed by atoms with Gasteiger partial charge in [-0.15, -0.1) is 0 Å². The van der Waals surface area contributed by atoms with Crippen LogP contribution in [0.3, 0.4) is 0 Å². The molecule has 0 bridgehead atoms. The fourth-order valence-corrected chi connectivity index (χ4v) is 3.62. The monoisotopic (exact) mass is 359 g/mol. The number of hydrogen-bond acceptors (Lipinski definition) is 4. The standard InChI is InChI=1S/C13H14BrNO4S/c1-8-5-10(14)3-4-12(8)15-20(17,18)13-6-11(7-16)19-9(13)2/h3-6,15-16H,7H2,1-2H3. The van der Waals surface area contributed by atoms with E-state index in [1.807, 2.05) is 13.0 Å². The Labute approximate surface area is 125 Å². The van der Waals surface area contributed by atoms with E-state index in [2.05, 4.69) is 20.7 Å². The number of aliphatic hydroxyl groups excluding tert-OH is 1. The number of anilines is 1. The van der Waals surface area contributed by atoms with E-state index < -0.39 is 10.0 Å². The maximum Gasteiger partial charge on any atom is 0.265 e. The predicted molar refractivity (Wildman–Crippen MR) is 79.1 cm³/mol. The van der Waals surface area contributed by atoms with Crippen LogP contribution in [0.15, 0.2) is 38.1 Å². The SMILES string of the molecule is Cc1cc(Br)ccc1NS(=O)(=O)c1cc(CO)oc1C. The molecule has 20 heavy (non-hydrogen) atoms. The highest BCUT2D eigenvalue weighted by Gasteiger charge is 2.22. The Bertz CT molecular complexity index is 737. The summed E-state index contributed by atoms with van der Waals surface area (Å²) in [5.41, 5.74) is 1.30. The summed E-state index contributed by atoms with van der Waals surface area (Å²) < 4.78 is 33.2. The van der Waals surface area contributed by atoms with Gasteiger partial charge in [-0.1, -0.05) is 15.9 Å². The first-order valence-corrected chi connectivity index (χ1v) is 8.10. The zero-order valence-electron chi connectivity index (χ0n) is 11.0. The van der Waals surface area contributed by atoms with Crippen LogP contribution < -0.4 is 4.72 Å². The van der Waals surface area contributed by atoms with Crippen molar-refractivity contribution in [1.29, 1.82) is 0 Å². The smallest absolute Gasteiger partial charge is 0.265 e. The minimum atomic E-state index is -3.74. The van der Waals surface area contributed by atoms with Crippen molar-refractivity contribution in [3.63, 3.8) is 0 Å². The second-order valence-electron chi connectivity index (χ2n) is 4.36. The van der Waals surface area contributed by atoms with Crippen LogP contribution in [0.1, 0.15) is 17.1 Å². The van der Waals surface area contributed by atoms with Crippen LogP contribution in [0.2, 0.25) is 0 Å². The van der Waals surface area contributed by atoms with Gasteiger partial charge < -0.3 is 9.52 Å². The normalized spacial score (nSPS) is 11.6. The molecular weight excluding hydrogens is 346 g/mol. The molecule has 1 heterocycles. The van der Waals surface area contributed by atoms with Crippen molar-refractivity contribution in [1.82, 2.24) is 0 Å². The molecule has 0 saturated heterocycles. The first kappa shape index (κ1) is 15.1. The highest BCUT2D eigenvalue weighted by atomic mass is 79.9. The average molecular weight is 360 g/mol. The van der Waals surface area contributed by atoms with Crippen LogP contribution in [-0.4, -0.2) is 13.5 Å². The molecule has 0 amide bonds. The topological polar surface area (TPSA) is 79.5 Å². The molecule has 0 saturated carbocycles. The molecule has 0 aliphatic rings. The maximum absolute atomic E-state index is 12.3. The third-order valence-electron chi connectivity index (χ3n) is 2.80. The third kappa shape index (κ3) is 3.05. The number of nitrogens with one attached hydrogen (secondary N) is 1. The van der Waals surface area contributed by atoms with Gasteiger partial charge in [-0.3, -0.25) is 4.72 Å². The average Bonchev–Trinajstić information content (AvgIpc) is 2.75. The van der Waals surface area contributed by atoms with Gasteiger partial charge in [-0.2, -0.15) is 0 Å². The van der Waals surface area contributed by atoms with Crippen molar-refractivity contribution < 1.29 is 17.9 Å². The molecule has 7 heteroatoms. The molecule has 0 atom stereocenters. The van der Waals surface area contributed by atoms with E-state index in [1.54, 1.807) is 19.1 Å². The molecule has 0 spiro atoms. The molecule has 0 radical (unpaired) electrons. The number of benzene rings is 1. The van der Waals surface area contributed by atoms with E-state index in [9.17, 15) is 8.42 Å². The largest absolute Gasteiger partial charge is 0.462 e. The second-order valence-corrected chi connectivity index (χ2v) is 6.92. The van der Waals surface area contributed by atoms with E-state index in [0.717, 1.165) is 10.0 Å². The molecule has 0 aliphatic heterocycles. The molecule has 2 rings (SSSR count). The first-order valence-electron chi connectivity index (χ1n) is 5.82. The lowest BCUT2D eigenvalue weighted by Gasteiger charge is -2.10. The van der Waals surface area contributed by atoms with Gasteiger partial charge in [0.2, 0.25) is 0 Å². The Balaban J connectivity index is 2.38. The van der Waals surface area contributed by atoms with Gasteiger partial charge in [0.05, 0.1) is 5.69 Å². The Morgan fingerprint density at radius 3 is 2.55 bits per heavy atom. The molecule has 1 aromatic carbocycles.